The molecule has 164 valence electrons. The molecule has 0 heterocycles. The summed E-state index contributed by atoms with van der Waals surface area (Å²) in [5.41, 5.74) is 2.25. The van der Waals surface area contributed by atoms with Crippen LogP contribution in [0.5, 0.6) is 0 Å². The van der Waals surface area contributed by atoms with E-state index in [2.05, 4.69) is 10.6 Å². The predicted octanol–water partition coefficient (Wildman–Crippen LogP) is 3.45. The zero-order valence-electron chi connectivity index (χ0n) is 17.9. The fraction of sp³-hybridized carbons (Fsp3) is 0.192. The molecule has 0 radical (unpaired) electrons. The van der Waals surface area contributed by atoms with E-state index in [1.54, 1.807) is 24.3 Å². The number of carbonyl (C=O) groups excluding carboxylic acids is 3. The largest absolute Gasteiger partial charge is 0.454 e. The summed E-state index contributed by atoms with van der Waals surface area (Å²) in [6.45, 7) is 1.43. The maximum absolute atomic E-state index is 12.8. The lowest BCUT2D eigenvalue weighted by Gasteiger charge is -2.19. The molecule has 32 heavy (non-hydrogen) atoms. The van der Waals surface area contributed by atoms with E-state index < -0.39 is 24.5 Å². The van der Waals surface area contributed by atoms with Gasteiger partial charge >= 0.3 is 5.97 Å². The summed E-state index contributed by atoms with van der Waals surface area (Å²) in [6, 6.07) is 26.3. The van der Waals surface area contributed by atoms with Gasteiger partial charge in [0.1, 0.15) is 6.04 Å². The highest BCUT2D eigenvalue weighted by atomic mass is 16.5. The Morgan fingerprint density at radius 1 is 0.781 bits per heavy atom. The number of rotatable bonds is 9. The molecule has 0 spiro atoms. The molecular weight excluding hydrogens is 404 g/mol. The molecule has 0 aliphatic heterocycles. The number of esters is 1. The predicted molar refractivity (Wildman–Crippen MR) is 122 cm³/mol. The summed E-state index contributed by atoms with van der Waals surface area (Å²) in [5.74, 6) is -1.46. The van der Waals surface area contributed by atoms with E-state index >= 15 is 0 Å². The summed E-state index contributed by atoms with van der Waals surface area (Å²) in [4.78, 5) is 37.6. The lowest BCUT2D eigenvalue weighted by molar-refractivity contribution is -0.150. The van der Waals surface area contributed by atoms with Crippen LogP contribution in [-0.4, -0.2) is 30.4 Å². The Morgan fingerprint density at radius 3 is 1.97 bits per heavy atom. The van der Waals surface area contributed by atoms with Gasteiger partial charge in [-0.15, -0.1) is 0 Å². The van der Waals surface area contributed by atoms with E-state index in [1.807, 2.05) is 73.7 Å². The number of benzene rings is 3. The van der Waals surface area contributed by atoms with Crippen LogP contribution in [0.3, 0.4) is 0 Å². The molecule has 2 atom stereocenters. The lowest BCUT2D eigenvalue weighted by Crippen LogP contribution is -2.44. The third-order valence-electron chi connectivity index (χ3n) is 4.93. The number of ether oxygens (including phenoxy) is 1. The van der Waals surface area contributed by atoms with Crippen LogP contribution in [0.15, 0.2) is 91.0 Å². The second kappa shape index (κ2) is 11.5. The van der Waals surface area contributed by atoms with Crippen LogP contribution in [0.1, 0.15) is 34.5 Å². The van der Waals surface area contributed by atoms with Gasteiger partial charge in [0.25, 0.3) is 11.8 Å². The smallest absolute Gasteiger partial charge is 0.329 e. The van der Waals surface area contributed by atoms with E-state index in [0.717, 1.165) is 11.1 Å². The van der Waals surface area contributed by atoms with Gasteiger partial charge in [-0.05, 0) is 30.2 Å². The van der Waals surface area contributed by atoms with Gasteiger partial charge in [-0.1, -0.05) is 78.9 Å². The van der Waals surface area contributed by atoms with Gasteiger partial charge in [-0.25, -0.2) is 4.79 Å². The fourth-order valence-corrected chi connectivity index (χ4v) is 3.22. The minimum Gasteiger partial charge on any atom is -0.454 e. The summed E-state index contributed by atoms with van der Waals surface area (Å²) in [6.07, 6.45) is 0.250. The molecule has 2 amide bonds. The molecule has 2 N–H and O–H groups in total. The van der Waals surface area contributed by atoms with E-state index in [9.17, 15) is 14.4 Å². The van der Waals surface area contributed by atoms with Crippen molar-refractivity contribution in [2.24, 2.45) is 0 Å². The molecule has 3 rings (SSSR count). The Balaban J connectivity index is 1.61. The van der Waals surface area contributed by atoms with Crippen LogP contribution >= 0.6 is 0 Å². The van der Waals surface area contributed by atoms with Crippen molar-refractivity contribution in [3.8, 4) is 0 Å². The van der Waals surface area contributed by atoms with Crippen LogP contribution in [0.2, 0.25) is 0 Å². The van der Waals surface area contributed by atoms with Crippen molar-refractivity contribution in [2.45, 2.75) is 25.4 Å². The molecule has 0 aromatic heterocycles. The summed E-state index contributed by atoms with van der Waals surface area (Å²) < 4.78 is 5.25. The molecule has 0 aliphatic rings. The average Bonchev–Trinajstić information content (AvgIpc) is 2.83. The summed E-state index contributed by atoms with van der Waals surface area (Å²) in [7, 11) is 0. The van der Waals surface area contributed by atoms with Crippen molar-refractivity contribution in [1.29, 1.82) is 0 Å². The van der Waals surface area contributed by atoms with Crippen molar-refractivity contribution in [3.05, 3.63) is 108 Å². The fourth-order valence-electron chi connectivity index (χ4n) is 3.22. The molecular formula is C26H26N2O4. The van der Waals surface area contributed by atoms with Gasteiger partial charge in [0, 0.05) is 12.0 Å². The SMILES string of the molecule is C[C@H](NC(=O)COC(=O)[C@H](Cc1ccccc1)NC(=O)c1ccccc1)c1ccccc1. The van der Waals surface area contributed by atoms with Crippen molar-refractivity contribution < 1.29 is 19.1 Å². The third kappa shape index (κ3) is 6.80. The van der Waals surface area contributed by atoms with Crippen molar-refractivity contribution in [1.82, 2.24) is 10.6 Å². The molecule has 6 heteroatoms. The normalized spacial score (nSPS) is 12.3. The summed E-state index contributed by atoms with van der Waals surface area (Å²) in [5, 5.41) is 5.53. The summed E-state index contributed by atoms with van der Waals surface area (Å²) >= 11 is 0. The minimum absolute atomic E-state index is 0.222. The number of hydrogen-bond donors (Lipinski definition) is 2. The zero-order valence-corrected chi connectivity index (χ0v) is 17.9. The first-order valence-corrected chi connectivity index (χ1v) is 10.4. The van der Waals surface area contributed by atoms with Gasteiger partial charge in [0.2, 0.25) is 0 Å². The highest BCUT2D eigenvalue weighted by Gasteiger charge is 2.24. The van der Waals surface area contributed by atoms with E-state index in [-0.39, 0.29) is 18.4 Å². The maximum Gasteiger partial charge on any atom is 0.329 e. The Labute approximate surface area is 187 Å². The monoisotopic (exact) mass is 430 g/mol. The van der Waals surface area contributed by atoms with E-state index in [0.29, 0.717) is 5.56 Å². The van der Waals surface area contributed by atoms with E-state index in [1.165, 1.54) is 0 Å². The average molecular weight is 431 g/mol. The van der Waals surface area contributed by atoms with Crippen LogP contribution in [0, 0.1) is 0 Å². The van der Waals surface area contributed by atoms with Crippen molar-refractivity contribution in [3.63, 3.8) is 0 Å². The van der Waals surface area contributed by atoms with Gasteiger partial charge in [0.05, 0.1) is 6.04 Å². The molecule has 0 aliphatic carbocycles. The Bertz CT molecular complexity index is 1020. The number of nitrogens with one attached hydrogen (secondary N) is 2. The van der Waals surface area contributed by atoms with Crippen molar-refractivity contribution in [2.75, 3.05) is 6.61 Å². The Kier molecular flexibility index (Phi) is 8.15. The number of amides is 2. The van der Waals surface area contributed by atoms with Crippen LogP contribution < -0.4 is 10.6 Å². The highest BCUT2D eigenvalue weighted by molar-refractivity contribution is 5.97. The first-order valence-electron chi connectivity index (χ1n) is 10.4. The first kappa shape index (κ1) is 22.7. The Hall–Kier alpha value is -3.93. The molecule has 0 unspecified atom stereocenters. The van der Waals surface area contributed by atoms with Crippen LogP contribution in [0.25, 0.3) is 0 Å². The molecule has 6 nitrogen and oxygen atoms in total. The second-order valence-corrected chi connectivity index (χ2v) is 7.39. The maximum atomic E-state index is 12.8. The lowest BCUT2D eigenvalue weighted by atomic mass is 10.1. The molecule has 0 fully saturated rings. The van der Waals surface area contributed by atoms with Gasteiger partial charge in [0.15, 0.2) is 6.61 Å². The molecule has 3 aromatic carbocycles. The van der Waals surface area contributed by atoms with Crippen LogP contribution in [0.4, 0.5) is 0 Å². The number of hydrogen-bond acceptors (Lipinski definition) is 4. The number of carbonyl (C=O) groups is 3. The standard InChI is InChI=1S/C26H26N2O4/c1-19(21-13-7-3-8-14-21)27-24(29)18-32-26(31)23(17-20-11-5-2-6-12-20)28-25(30)22-15-9-4-10-16-22/h2-16,19,23H,17-18H2,1H3,(H,27,29)(H,28,30)/t19-,23-/m0/s1. The molecule has 0 bridgehead atoms. The molecule has 0 saturated carbocycles. The van der Waals surface area contributed by atoms with E-state index in [4.69, 9.17) is 4.74 Å². The second-order valence-electron chi connectivity index (χ2n) is 7.39. The molecule has 0 saturated heterocycles. The topological polar surface area (TPSA) is 84.5 Å². The minimum atomic E-state index is -0.926. The zero-order chi connectivity index (χ0) is 22.8. The Morgan fingerprint density at radius 2 is 1.34 bits per heavy atom. The third-order valence-corrected chi connectivity index (χ3v) is 4.93. The first-order chi connectivity index (χ1) is 15.5. The van der Waals surface area contributed by atoms with Gasteiger partial charge in [-0.2, -0.15) is 0 Å². The quantitative estimate of drug-likeness (QED) is 0.509. The van der Waals surface area contributed by atoms with Gasteiger partial charge < -0.3 is 15.4 Å². The van der Waals surface area contributed by atoms with Crippen molar-refractivity contribution >= 4 is 17.8 Å². The molecule has 3 aromatic rings. The highest BCUT2D eigenvalue weighted by Crippen LogP contribution is 2.11. The van der Waals surface area contributed by atoms with Gasteiger partial charge in [-0.3, -0.25) is 9.59 Å². The van der Waals surface area contributed by atoms with Crippen LogP contribution in [-0.2, 0) is 20.7 Å².